The van der Waals surface area contributed by atoms with Gasteiger partial charge < -0.3 is 5.73 Å². The van der Waals surface area contributed by atoms with Crippen molar-refractivity contribution in [3.8, 4) is 0 Å². The van der Waals surface area contributed by atoms with Crippen LogP contribution in [0.25, 0.3) is 0 Å². The van der Waals surface area contributed by atoms with E-state index in [9.17, 15) is 0 Å². The molecule has 0 atom stereocenters. The summed E-state index contributed by atoms with van der Waals surface area (Å²) in [7, 11) is 0. The molecule has 0 radical (unpaired) electrons. The molecule has 0 bridgehead atoms. The number of thiocarbonyl (C=S) groups is 1. The molecule has 0 aliphatic rings. The van der Waals surface area contributed by atoms with Crippen molar-refractivity contribution in [1.29, 1.82) is 0 Å². The Morgan fingerprint density at radius 1 is 1.80 bits per heavy atom. The molecule has 0 spiro atoms. The molecule has 0 amide bonds. The predicted octanol–water partition coefficient (Wildman–Crippen LogP) is 0.445. The highest BCUT2D eigenvalue weighted by atomic mass is 32.1. The van der Waals surface area contributed by atoms with Gasteiger partial charge in [0.05, 0.1) is 4.99 Å². The molecule has 0 unspecified atom stereocenters. The van der Waals surface area contributed by atoms with E-state index in [2.05, 4.69) is 12.2 Å². The maximum Gasteiger partial charge on any atom is 0.0695 e. The largest absolute Gasteiger partial charge is 0.394 e. The van der Waals surface area contributed by atoms with Gasteiger partial charge in [0.2, 0.25) is 0 Å². The minimum atomic E-state index is 0. The summed E-state index contributed by atoms with van der Waals surface area (Å²) >= 11 is 4.31. The molecular formula is C2H6FNS. The molecule has 0 rings (SSSR count). The molecule has 0 aromatic carbocycles. The van der Waals surface area contributed by atoms with E-state index in [-0.39, 0.29) is 4.70 Å². The van der Waals surface area contributed by atoms with E-state index in [1.807, 2.05) is 0 Å². The van der Waals surface area contributed by atoms with Gasteiger partial charge in [-0.15, -0.1) is 0 Å². The van der Waals surface area contributed by atoms with E-state index in [0.29, 0.717) is 4.99 Å². The average Bonchev–Trinajstić information content (AvgIpc) is 0.811. The first-order valence-corrected chi connectivity index (χ1v) is 1.40. The fraction of sp³-hybridized carbons (Fsp3) is 0.500. The van der Waals surface area contributed by atoms with Gasteiger partial charge >= 0.3 is 0 Å². The fourth-order valence-electron chi connectivity index (χ4n) is 0. The Labute approximate surface area is 35.5 Å². The second kappa shape index (κ2) is 3.82. The summed E-state index contributed by atoms with van der Waals surface area (Å²) in [5.74, 6) is 0. The Bertz CT molecular complexity index is 32.6. The van der Waals surface area contributed by atoms with Crippen molar-refractivity contribution in [3.63, 3.8) is 0 Å². The van der Waals surface area contributed by atoms with Crippen LogP contribution >= 0.6 is 12.2 Å². The Balaban J connectivity index is 0. The molecule has 32 valence electrons. The van der Waals surface area contributed by atoms with Gasteiger partial charge in [-0.25, -0.2) is 0 Å². The van der Waals surface area contributed by atoms with Crippen LogP contribution in [0.4, 0.5) is 4.70 Å². The van der Waals surface area contributed by atoms with E-state index in [1.165, 1.54) is 0 Å². The third-order valence-electron chi connectivity index (χ3n) is 0. The summed E-state index contributed by atoms with van der Waals surface area (Å²) in [5, 5.41) is 0. The van der Waals surface area contributed by atoms with Crippen LogP contribution < -0.4 is 5.73 Å². The standard InChI is InChI=1S/C2H5NS.FH/c1-2(3)4;/h1H3,(H2,3,4);1H. The zero-order valence-corrected chi connectivity index (χ0v) is 3.71. The Kier molecular flexibility index (Phi) is 6.76. The van der Waals surface area contributed by atoms with Crippen LogP contribution in [0.1, 0.15) is 6.92 Å². The van der Waals surface area contributed by atoms with Crippen molar-refractivity contribution < 1.29 is 4.70 Å². The maximum atomic E-state index is 4.84. The van der Waals surface area contributed by atoms with Crippen LogP contribution in [-0.4, -0.2) is 4.99 Å². The van der Waals surface area contributed by atoms with Gasteiger partial charge in [-0.05, 0) is 6.92 Å². The lowest BCUT2D eigenvalue weighted by Crippen LogP contribution is -1.98. The smallest absolute Gasteiger partial charge is 0.0695 e. The van der Waals surface area contributed by atoms with E-state index < -0.39 is 0 Å². The van der Waals surface area contributed by atoms with Crippen LogP contribution in [0.5, 0.6) is 0 Å². The van der Waals surface area contributed by atoms with Crippen molar-refractivity contribution in [1.82, 2.24) is 0 Å². The zero-order valence-electron chi connectivity index (χ0n) is 2.89. The average molecular weight is 95.1 g/mol. The summed E-state index contributed by atoms with van der Waals surface area (Å²) in [6, 6.07) is 0. The third kappa shape index (κ3) is 391. The van der Waals surface area contributed by atoms with E-state index in [0.717, 1.165) is 0 Å². The first-order valence-electron chi connectivity index (χ1n) is 0.993. The number of hydrogen-bond donors (Lipinski definition) is 1. The minimum absolute atomic E-state index is 0. The molecule has 0 aliphatic heterocycles. The molecule has 0 saturated heterocycles. The molecule has 0 saturated carbocycles. The van der Waals surface area contributed by atoms with Crippen molar-refractivity contribution in [3.05, 3.63) is 0 Å². The van der Waals surface area contributed by atoms with Gasteiger partial charge in [0.15, 0.2) is 0 Å². The van der Waals surface area contributed by atoms with E-state index in [4.69, 9.17) is 5.73 Å². The molecular weight excluding hydrogens is 89.1 g/mol. The van der Waals surface area contributed by atoms with Gasteiger partial charge in [0.25, 0.3) is 0 Å². The quantitative estimate of drug-likeness (QED) is 0.442. The molecule has 2 N–H and O–H groups in total. The summed E-state index contributed by atoms with van der Waals surface area (Å²) in [5.41, 5.74) is 4.84. The zero-order chi connectivity index (χ0) is 3.58. The van der Waals surface area contributed by atoms with E-state index in [1.54, 1.807) is 6.92 Å². The predicted molar refractivity (Wildman–Crippen MR) is 25.0 cm³/mol. The third-order valence-corrected chi connectivity index (χ3v) is 0. The lowest BCUT2D eigenvalue weighted by atomic mass is 10.8. The minimum Gasteiger partial charge on any atom is -0.394 e. The number of hydrogen-bond acceptors (Lipinski definition) is 1. The lowest BCUT2D eigenvalue weighted by Gasteiger charge is -1.65. The molecule has 0 aromatic rings. The van der Waals surface area contributed by atoms with Gasteiger partial charge in [0.1, 0.15) is 0 Å². The van der Waals surface area contributed by atoms with Crippen LogP contribution in [0, 0.1) is 0 Å². The SMILES string of the molecule is CC(N)=S.F. The number of nitrogens with two attached hydrogens (primary N) is 1. The molecule has 0 aromatic heterocycles. The van der Waals surface area contributed by atoms with Crippen molar-refractivity contribution in [2.24, 2.45) is 5.73 Å². The Hall–Kier alpha value is -0.180. The number of halogens is 1. The van der Waals surface area contributed by atoms with Crippen molar-refractivity contribution >= 4 is 17.2 Å². The highest BCUT2D eigenvalue weighted by molar-refractivity contribution is 7.80. The molecule has 0 aliphatic carbocycles. The normalized spacial score (nSPS) is 5.00. The maximum absolute atomic E-state index is 4.84. The Morgan fingerprint density at radius 3 is 1.80 bits per heavy atom. The van der Waals surface area contributed by atoms with Gasteiger partial charge in [0, 0.05) is 0 Å². The lowest BCUT2D eigenvalue weighted by molar-refractivity contribution is 1.11. The molecule has 0 fully saturated rings. The monoisotopic (exact) mass is 95.0 g/mol. The number of rotatable bonds is 0. The highest BCUT2D eigenvalue weighted by Gasteiger charge is 1.54. The van der Waals surface area contributed by atoms with Gasteiger partial charge in [-0.3, -0.25) is 4.70 Å². The summed E-state index contributed by atoms with van der Waals surface area (Å²) in [6.45, 7) is 1.68. The van der Waals surface area contributed by atoms with Crippen molar-refractivity contribution in [2.75, 3.05) is 0 Å². The summed E-state index contributed by atoms with van der Waals surface area (Å²) < 4.78 is 0. The first-order chi connectivity index (χ1) is 1.73. The van der Waals surface area contributed by atoms with Crippen molar-refractivity contribution in [2.45, 2.75) is 6.92 Å². The summed E-state index contributed by atoms with van der Waals surface area (Å²) in [4.78, 5) is 0.500. The topological polar surface area (TPSA) is 26.0 Å². The second-order valence-electron chi connectivity index (χ2n) is 0.611. The second-order valence-corrected chi connectivity index (χ2v) is 1.25. The molecule has 3 heteroatoms. The first kappa shape index (κ1) is 8.84. The molecule has 5 heavy (non-hydrogen) atoms. The molecule has 0 heterocycles. The highest BCUT2D eigenvalue weighted by Crippen LogP contribution is 1.48. The molecule has 1 nitrogen and oxygen atoms in total. The van der Waals surface area contributed by atoms with E-state index >= 15 is 0 Å². The van der Waals surface area contributed by atoms with Crippen LogP contribution in [0.15, 0.2) is 0 Å². The Morgan fingerprint density at radius 2 is 1.80 bits per heavy atom. The van der Waals surface area contributed by atoms with Crippen LogP contribution in [-0.2, 0) is 0 Å². The van der Waals surface area contributed by atoms with Crippen LogP contribution in [0.3, 0.4) is 0 Å². The summed E-state index contributed by atoms with van der Waals surface area (Å²) in [6.07, 6.45) is 0. The van der Waals surface area contributed by atoms with Gasteiger partial charge in [-0.1, -0.05) is 12.2 Å². The van der Waals surface area contributed by atoms with Gasteiger partial charge in [-0.2, -0.15) is 0 Å². The fourth-order valence-corrected chi connectivity index (χ4v) is 0. The van der Waals surface area contributed by atoms with Crippen LogP contribution in [0.2, 0.25) is 0 Å².